The van der Waals surface area contributed by atoms with Crippen molar-refractivity contribution in [2.24, 2.45) is 0 Å². The Bertz CT molecular complexity index is 1100. The maximum Gasteiger partial charge on any atom is 0.255 e. The normalized spacial score (nSPS) is 13.6. The highest BCUT2D eigenvalue weighted by atomic mass is 16.2. The molecule has 1 aliphatic heterocycles. The molecule has 5 nitrogen and oxygen atoms in total. The van der Waals surface area contributed by atoms with Crippen LogP contribution >= 0.6 is 0 Å². The van der Waals surface area contributed by atoms with Crippen molar-refractivity contribution in [2.75, 3.05) is 36.4 Å². The molecule has 1 heterocycles. The van der Waals surface area contributed by atoms with Gasteiger partial charge in [-0.05, 0) is 66.4 Å². The third kappa shape index (κ3) is 5.61. The standard InChI is InChI=1S/C28H31N3O2/c1-3-22-8-10-23(11-9-22)28(33)29-25-12-14-26(15-13-25)30-16-18-31(19-17-30)27(32)20-24-7-5-4-6-21(24)2/h4-15H,3,16-20H2,1-2H3,(H,29,33). The van der Waals surface area contributed by atoms with Gasteiger partial charge in [-0.3, -0.25) is 9.59 Å². The van der Waals surface area contributed by atoms with Crippen LogP contribution < -0.4 is 10.2 Å². The van der Waals surface area contributed by atoms with E-state index in [0.29, 0.717) is 12.0 Å². The van der Waals surface area contributed by atoms with Crippen LogP contribution in [0.2, 0.25) is 0 Å². The Morgan fingerprint density at radius 3 is 2.15 bits per heavy atom. The lowest BCUT2D eigenvalue weighted by Gasteiger charge is -2.36. The number of anilines is 2. The maximum absolute atomic E-state index is 12.7. The molecular formula is C28H31N3O2. The Kier molecular flexibility index (Phi) is 7.08. The van der Waals surface area contributed by atoms with E-state index in [2.05, 4.69) is 30.1 Å². The van der Waals surface area contributed by atoms with Gasteiger partial charge in [0.25, 0.3) is 5.91 Å². The molecule has 0 saturated carbocycles. The van der Waals surface area contributed by atoms with E-state index in [0.717, 1.165) is 55.1 Å². The summed E-state index contributed by atoms with van der Waals surface area (Å²) in [6.45, 7) is 7.19. The van der Waals surface area contributed by atoms with Crippen molar-refractivity contribution in [3.63, 3.8) is 0 Å². The summed E-state index contributed by atoms with van der Waals surface area (Å²) >= 11 is 0. The first kappa shape index (κ1) is 22.6. The van der Waals surface area contributed by atoms with Crippen LogP contribution in [0.5, 0.6) is 0 Å². The predicted octanol–water partition coefficient (Wildman–Crippen LogP) is 4.70. The van der Waals surface area contributed by atoms with Gasteiger partial charge in [-0.2, -0.15) is 0 Å². The van der Waals surface area contributed by atoms with Gasteiger partial charge in [-0.25, -0.2) is 0 Å². The fourth-order valence-electron chi connectivity index (χ4n) is 4.15. The lowest BCUT2D eigenvalue weighted by molar-refractivity contribution is -0.130. The molecule has 1 N–H and O–H groups in total. The van der Waals surface area contributed by atoms with Crippen LogP contribution in [-0.4, -0.2) is 42.9 Å². The summed E-state index contributed by atoms with van der Waals surface area (Å²) in [5, 5.41) is 2.97. The molecule has 0 radical (unpaired) electrons. The van der Waals surface area contributed by atoms with Crippen molar-refractivity contribution in [1.29, 1.82) is 0 Å². The van der Waals surface area contributed by atoms with Crippen LogP contribution in [0.4, 0.5) is 11.4 Å². The van der Waals surface area contributed by atoms with Gasteiger partial charge in [0.15, 0.2) is 0 Å². The molecule has 3 aromatic carbocycles. The number of rotatable bonds is 6. The largest absolute Gasteiger partial charge is 0.368 e. The Morgan fingerprint density at radius 1 is 0.848 bits per heavy atom. The molecule has 0 atom stereocenters. The average Bonchev–Trinajstić information content (AvgIpc) is 2.86. The molecule has 1 aliphatic rings. The number of hydrogen-bond acceptors (Lipinski definition) is 3. The zero-order valence-electron chi connectivity index (χ0n) is 19.4. The van der Waals surface area contributed by atoms with Crippen LogP contribution in [0.3, 0.4) is 0 Å². The van der Waals surface area contributed by atoms with Gasteiger partial charge in [0.1, 0.15) is 0 Å². The van der Waals surface area contributed by atoms with Gasteiger partial charge < -0.3 is 15.1 Å². The summed E-state index contributed by atoms with van der Waals surface area (Å²) in [4.78, 5) is 29.5. The lowest BCUT2D eigenvalue weighted by Crippen LogP contribution is -2.49. The van der Waals surface area contributed by atoms with Crippen molar-refractivity contribution in [3.05, 3.63) is 95.1 Å². The third-order valence-corrected chi connectivity index (χ3v) is 6.35. The van der Waals surface area contributed by atoms with Gasteiger partial charge in [0.2, 0.25) is 5.91 Å². The zero-order chi connectivity index (χ0) is 23.2. The van der Waals surface area contributed by atoms with E-state index in [1.54, 1.807) is 0 Å². The number of hydrogen-bond donors (Lipinski definition) is 1. The first-order chi connectivity index (χ1) is 16.0. The fraction of sp³-hybridized carbons (Fsp3) is 0.286. The number of amides is 2. The van der Waals surface area contributed by atoms with Gasteiger partial charge in [-0.1, -0.05) is 43.3 Å². The first-order valence-corrected chi connectivity index (χ1v) is 11.6. The van der Waals surface area contributed by atoms with Crippen molar-refractivity contribution in [1.82, 2.24) is 4.90 Å². The second kappa shape index (κ2) is 10.3. The van der Waals surface area contributed by atoms with Crippen LogP contribution in [0.25, 0.3) is 0 Å². The number of nitrogens with zero attached hydrogens (tertiary/aromatic N) is 2. The molecule has 0 unspecified atom stereocenters. The topological polar surface area (TPSA) is 52.7 Å². The smallest absolute Gasteiger partial charge is 0.255 e. The molecule has 0 bridgehead atoms. The number of carbonyl (C=O) groups is 2. The van der Waals surface area contributed by atoms with Crippen LogP contribution in [-0.2, 0) is 17.6 Å². The Hall–Kier alpha value is -3.60. The molecule has 33 heavy (non-hydrogen) atoms. The molecule has 1 saturated heterocycles. The summed E-state index contributed by atoms with van der Waals surface area (Å²) in [6.07, 6.45) is 1.42. The van der Waals surface area contributed by atoms with Crippen molar-refractivity contribution < 1.29 is 9.59 Å². The quantitative estimate of drug-likeness (QED) is 0.603. The van der Waals surface area contributed by atoms with Gasteiger partial charge in [0.05, 0.1) is 6.42 Å². The number of benzene rings is 3. The minimum Gasteiger partial charge on any atom is -0.368 e. The summed E-state index contributed by atoms with van der Waals surface area (Å²) in [5.41, 5.74) is 6.01. The summed E-state index contributed by atoms with van der Waals surface area (Å²) < 4.78 is 0. The molecule has 170 valence electrons. The Morgan fingerprint density at radius 2 is 1.52 bits per heavy atom. The van der Waals surface area contributed by atoms with E-state index in [9.17, 15) is 9.59 Å². The van der Waals surface area contributed by atoms with E-state index in [-0.39, 0.29) is 11.8 Å². The molecule has 0 spiro atoms. The highest BCUT2D eigenvalue weighted by Gasteiger charge is 2.21. The molecule has 1 fully saturated rings. The zero-order valence-corrected chi connectivity index (χ0v) is 19.4. The van der Waals surface area contributed by atoms with Gasteiger partial charge >= 0.3 is 0 Å². The van der Waals surface area contributed by atoms with E-state index < -0.39 is 0 Å². The predicted molar refractivity (Wildman–Crippen MR) is 134 cm³/mol. The molecule has 0 aromatic heterocycles. The maximum atomic E-state index is 12.7. The Balaban J connectivity index is 1.29. The number of aryl methyl sites for hydroxylation is 2. The molecule has 2 amide bonds. The van der Waals surface area contributed by atoms with Crippen molar-refractivity contribution in [2.45, 2.75) is 26.7 Å². The molecule has 4 rings (SSSR count). The molecule has 0 aliphatic carbocycles. The SMILES string of the molecule is CCc1ccc(C(=O)Nc2ccc(N3CCN(C(=O)Cc4ccccc4C)CC3)cc2)cc1. The highest BCUT2D eigenvalue weighted by molar-refractivity contribution is 6.04. The summed E-state index contributed by atoms with van der Waals surface area (Å²) in [5.74, 6) is 0.0835. The van der Waals surface area contributed by atoms with E-state index >= 15 is 0 Å². The van der Waals surface area contributed by atoms with Gasteiger partial charge in [0, 0.05) is 43.1 Å². The highest BCUT2D eigenvalue weighted by Crippen LogP contribution is 2.21. The molecule has 5 heteroatoms. The minimum atomic E-state index is -0.105. The molecular weight excluding hydrogens is 410 g/mol. The first-order valence-electron chi connectivity index (χ1n) is 11.6. The number of carbonyl (C=O) groups excluding carboxylic acids is 2. The van der Waals surface area contributed by atoms with Crippen LogP contribution in [0.1, 0.15) is 34.0 Å². The van der Waals surface area contributed by atoms with E-state index in [1.807, 2.05) is 71.6 Å². The van der Waals surface area contributed by atoms with Gasteiger partial charge in [-0.15, -0.1) is 0 Å². The van der Waals surface area contributed by atoms with Crippen molar-refractivity contribution in [3.8, 4) is 0 Å². The second-order valence-electron chi connectivity index (χ2n) is 8.52. The van der Waals surface area contributed by atoms with E-state index in [1.165, 1.54) is 5.56 Å². The summed E-state index contributed by atoms with van der Waals surface area (Å²) in [6, 6.07) is 23.7. The average molecular weight is 442 g/mol. The second-order valence-corrected chi connectivity index (χ2v) is 8.52. The molecule has 3 aromatic rings. The van der Waals surface area contributed by atoms with Crippen molar-refractivity contribution >= 4 is 23.2 Å². The lowest BCUT2D eigenvalue weighted by atomic mass is 10.1. The Labute approximate surface area is 196 Å². The minimum absolute atomic E-state index is 0.105. The van der Waals surface area contributed by atoms with E-state index in [4.69, 9.17) is 0 Å². The van der Waals surface area contributed by atoms with Crippen LogP contribution in [0.15, 0.2) is 72.8 Å². The number of nitrogens with one attached hydrogen (secondary N) is 1. The monoisotopic (exact) mass is 441 g/mol. The van der Waals surface area contributed by atoms with Crippen LogP contribution in [0, 0.1) is 6.92 Å². The fourth-order valence-corrected chi connectivity index (χ4v) is 4.15. The third-order valence-electron chi connectivity index (χ3n) is 6.35. The summed E-state index contributed by atoms with van der Waals surface area (Å²) in [7, 11) is 0. The number of piperazine rings is 1.